The summed E-state index contributed by atoms with van der Waals surface area (Å²) in [7, 11) is 1.73. The molecule has 1 heterocycles. The molecule has 1 aromatic carbocycles. The number of nitrogens with zero attached hydrogens (tertiary/aromatic N) is 2. The van der Waals surface area contributed by atoms with Gasteiger partial charge in [-0.05, 0) is 63.6 Å². The molecule has 7 heteroatoms. The van der Waals surface area contributed by atoms with Crippen LogP contribution in [0.5, 0.6) is 0 Å². The van der Waals surface area contributed by atoms with E-state index in [0.29, 0.717) is 31.1 Å². The first-order valence-electron chi connectivity index (χ1n) is 9.85. The monoisotopic (exact) mass is 392 g/mol. The largest absolute Gasteiger partial charge is 0.444 e. The van der Waals surface area contributed by atoms with E-state index in [0.717, 1.165) is 30.9 Å². The summed E-state index contributed by atoms with van der Waals surface area (Å²) in [4.78, 5) is 18.2. The van der Waals surface area contributed by atoms with Gasteiger partial charge in [0, 0.05) is 33.2 Å². The fourth-order valence-electron chi connectivity index (χ4n) is 3.11. The Morgan fingerprint density at radius 1 is 1.29 bits per heavy atom. The maximum Gasteiger partial charge on any atom is 0.410 e. The fraction of sp³-hybridized carbons (Fsp3) is 0.619. The van der Waals surface area contributed by atoms with Gasteiger partial charge in [0.05, 0.1) is 0 Å². The molecule has 0 radical (unpaired) electrons. The van der Waals surface area contributed by atoms with Gasteiger partial charge >= 0.3 is 6.09 Å². The van der Waals surface area contributed by atoms with Crippen LogP contribution in [0.2, 0.25) is 0 Å². The van der Waals surface area contributed by atoms with E-state index < -0.39 is 5.60 Å². The zero-order chi connectivity index (χ0) is 20.7. The minimum absolute atomic E-state index is 0.191. The Morgan fingerprint density at radius 2 is 1.96 bits per heavy atom. The fourth-order valence-corrected chi connectivity index (χ4v) is 3.11. The number of nitrogens with one attached hydrogen (secondary N) is 2. The van der Waals surface area contributed by atoms with Crippen LogP contribution in [0.1, 0.15) is 44.7 Å². The van der Waals surface area contributed by atoms with Crippen molar-refractivity contribution in [2.24, 2.45) is 10.9 Å². The molecular formula is C21H33FN4O2. The normalized spacial score (nSPS) is 16.1. The smallest absolute Gasteiger partial charge is 0.410 e. The van der Waals surface area contributed by atoms with Crippen LogP contribution in [0.15, 0.2) is 23.2 Å². The van der Waals surface area contributed by atoms with Gasteiger partial charge in [0.25, 0.3) is 0 Å². The number of halogens is 1. The molecule has 0 unspecified atom stereocenters. The Bertz CT molecular complexity index is 692. The number of piperidine rings is 1. The summed E-state index contributed by atoms with van der Waals surface area (Å²) in [5.74, 6) is 1.01. The molecule has 6 nitrogen and oxygen atoms in total. The topological polar surface area (TPSA) is 66.0 Å². The average molecular weight is 393 g/mol. The van der Waals surface area contributed by atoms with E-state index in [-0.39, 0.29) is 11.9 Å². The SMILES string of the molecule is CN=C(NCc1ccc(F)c(C)c1)NCC1CCN(C(=O)OC(C)(C)C)CC1. The summed E-state index contributed by atoms with van der Waals surface area (Å²) >= 11 is 0. The van der Waals surface area contributed by atoms with E-state index in [1.807, 2.05) is 26.8 Å². The highest BCUT2D eigenvalue weighted by atomic mass is 19.1. The van der Waals surface area contributed by atoms with Crippen molar-refractivity contribution in [1.82, 2.24) is 15.5 Å². The summed E-state index contributed by atoms with van der Waals surface area (Å²) in [5, 5.41) is 6.60. The number of benzene rings is 1. The maximum absolute atomic E-state index is 13.4. The third-order valence-electron chi connectivity index (χ3n) is 4.73. The molecule has 0 aliphatic carbocycles. The minimum atomic E-state index is -0.462. The number of hydrogen-bond acceptors (Lipinski definition) is 3. The van der Waals surface area contributed by atoms with E-state index in [2.05, 4.69) is 15.6 Å². The predicted octanol–water partition coefficient (Wildman–Crippen LogP) is 3.45. The second-order valence-corrected chi connectivity index (χ2v) is 8.30. The highest BCUT2D eigenvalue weighted by Gasteiger charge is 2.26. The lowest BCUT2D eigenvalue weighted by atomic mass is 9.97. The zero-order valence-electron chi connectivity index (χ0n) is 17.6. The van der Waals surface area contributed by atoms with Gasteiger partial charge in [-0.25, -0.2) is 9.18 Å². The van der Waals surface area contributed by atoms with Gasteiger partial charge in [-0.15, -0.1) is 0 Å². The summed E-state index contributed by atoms with van der Waals surface area (Å²) in [6.45, 7) is 10.2. The number of rotatable bonds is 4. The number of carbonyl (C=O) groups is 1. The number of carbonyl (C=O) groups excluding carboxylic acids is 1. The zero-order valence-corrected chi connectivity index (χ0v) is 17.6. The molecule has 0 saturated carbocycles. The lowest BCUT2D eigenvalue weighted by Crippen LogP contribution is -2.45. The van der Waals surface area contributed by atoms with E-state index in [4.69, 9.17) is 4.74 Å². The minimum Gasteiger partial charge on any atom is -0.444 e. The number of ether oxygens (including phenoxy) is 1. The Kier molecular flexibility index (Phi) is 7.66. The van der Waals surface area contributed by atoms with Gasteiger partial charge in [-0.3, -0.25) is 4.99 Å². The first kappa shape index (κ1) is 22.0. The number of aryl methyl sites for hydroxylation is 1. The second-order valence-electron chi connectivity index (χ2n) is 8.30. The van der Waals surface area contributed by atoms with Crippen molar-refractivity contribution in [3.05, 3.63) is 35.1 Å². The van der Waals surface area contributed by atoms with Gasteiger partial charge in [-0.1, -0.05) is 12.1 Å². The molecule has 1 aliphatic rings. The van der Waals surface area contributed by atoms with Crippen LogP contribution in [-0.4, -0.2) is 49.2 Å². The molecular weight excluding hydrogens is 359 g/mol. The molecule has 1 aliphatic heterocycles. The summed E-state index contributed by atoms with van der Waals surface area (Å²) < 4.78 is 18.8. The van der Waals surface area contributed by atoms with Crippen LogP contribution >= 0.6 is 0 Å². The number of aliphatic imine (C=N–C) groups is 1. The van der Waals surface area contributed by atoms with Crippen molar-refractivity contribution in [3.8, 4) is 0 Å². The van der Waals surface area contributed by atoms with Gasteiger partial charge in [-0.2, -0.15) is 0 Å². The molecule has 0 spiro atoms. The van der Waals surface area contributed by atoms with E-state index in [1.165, 1.54) is 6.07 Å². The van der Waals surface area contributed by atoms with Crippen molar-refractivity contribution in [2.45, 2.75) is 52.7 Å². The molecule has 2 rings (SSSR count). The Morgan fingerprint density at radius 3 is 2.54 bits per heavy atom. The standard InChI is InChI=1S/C21H33FN4O2/c1-15-12-17(6-7-18(15)22)14-25-19(23-5)24-13-16-8-10-26(11-9-16)20(27)28-21(2,3)4/h6-7,12,16H,8-11,13-14H2,1-5H3,(H2,23,24,25). The highest BCUT2D eigenvalue weighted by molar-refractivity contribution is 5.79. The molecule has 0 bridgehead atoms. The van der Waals surface area contributed by atoms with Crippen LogP contribution in [-0.2, 0) is 11.3 Å². The summed E-state index contributed by atoms with van der Waals surface area (Å²) in [6, 6.07) is 5.10. The highest BCUT2D eigenvalue weighted by Crippen LogP contribution is 2.19. The van der Waals surface area contributed by atoms with Crippen LogP contribution in [0.25, 0.3) is 0 Å². The lowest BCUT2D eigenvalue weighted by molar-refractivity contribution is 0.0185. The van der Waals surface area contributed by atoms with Crippen molar-refractivity contribution >= 4 is 12.1 Å². The molecule has 2 N–H and O–H groups in total. The first-order valence-corrected chi connectivity index (χ1v) is 9.85. The number of amides is 1. The average Bonchev–Trinajstić information content (AvgIpc) is 2.63. The summed E-state index contributed by atoms with van der Waals surface area (Å²) in [5.41, 5.74) is 1.18. The lowest BCUT2D eigenvalue weighted by Gasteiger charge is -2.33. The summed E-state index contributed by atoms with van der Waals surface area (Å²) in [6.07, 6.45) is 1.63. The molecule has 1 saturated heterocycles. The molecule has 1 amide bonds. The van der Waals surface area contributed by atoms with Gasteiger partial charge in [0.1, 0.15) is 11.4 Å². The molecule has 0 atom stereocenters. The predicted molar refractivity (Wildman–Crippen MR) is 110 cm³/mol. The van der Waals surface area contributed by atoms with Crippen molar-refractivity contribution < 1.29 is 13.9 Å². The molecule has 1 fully saturated rings. The number of likely N-dealkylation sites (tertiary alicyclic amines) is 1. The quantitative estimate of drug-likeness (QED) is 0.608. The van der Waals surface area contributed by atoms with Crippen molar-refractivity contribution in [3.63, 3.8) is 0 Å². The van der Waals surface area contributed by atoms with Crippen LogP contribution < -0.4 is 10.6 Å². The van der Waals surface area contributed by atoms with E-state index in [1.54, 1.807) is 24.9 Å². The van der Waals surface area contributed by atoms with Crippen LogP contribution in [0.4, 0.5) is 9.18 Å². The number of guanidine groups is 1. The van der Waals surface area contributed by atoms with Gasteiger partial charge < -0.3 is 20.3 Å². The third kappa shape index (κ3) is 7.02. The second kappa shape index (κ2) is 9.75. The molecule has 156 valence electrons. The van der Waals surface area contributed by atoms with Crippen molar-refractivity contribution in [1.29, 1.82) is 0 Å². The molecule has 28 heavy (non-hydrogen) atoms. The number of hydrogen-bond donors (Lipinski definition) is 2. The first-order chi connectivity index (χ1) is 13.2. The van der Waals surface area contributed by atoms with E-state index >= 15 is 0 Å². The van der Waals surface area contributed by atoms with Crippen LogP contribution in [0, 0.1) is 18.7 Å². The Hall–Kier alpha value is -2.31. The van der Waals surface area contributed by atoms with Gasteiger partial charge in [0.2, 0.25) is 0 Å². The van der Waals surface area contributed by atoms with E-state index in [9.17, 15) is 9.18 Å². The maximum atomic E-state index is 13.4. The van der Waals surface area contributed by atoms with Crippen molar-refractivity contribution in [2.75, 3.05) is 26.7 Å². The Labute approximate surface area is 167 Å². The molecule has 1 aromatic rings. The van der Waals surface area contributed by atoms with Crippen LogP contribution in [0.3, 0.4) is 0 Å². The third-order valence-corrected chi connectivity index (χ3v) is 4.73. The Balaban J connectivity index is 1.72. The van der Waals surface area contributed by atoms with Gasteiger partial charge in [0.15, 0.2) is 5.96 Å². The molecule has 0 aromatic heterocycles.